The number of nitrogens with zero attached hydrogens (tertiary/aromatic N) is 4. The molecule has 0 fully saturated rings. The normalized spacial score (nSPS) is 12.5. The van der Waals surface area contributed by atoms with Gasteiger partial charge in [-0.15, -0.1) is 0 Å². The molecule has 8 bridgehead atoms. The Bertz CT molecular complexity index is 2220. The summed E-state index contributed by atoms with van der Waals surface area (Å²) >= 11 is 0. The van der Waals surface area contributed by atoms with Crippen molar-refractivity contribution in [3.05, 3.63) is 137 Å². The Hall–Kier alpha value is -6.11. The van der Waals surface area contributed by atoms with E-state index >= 15 is 0 Å². The lowest BCUT2D eigenvalue weighted by Gasteiger charge is -2.15. The van der Waals surface area contributed by atoms with E-state index in [0.717, 1.165) is 76.3 Å². The van der Waals surface area contributed by atoms with Gasteiger partial charge in [-0.05, 0) is 55.3 Å². The summed E-state index contributed by atoms with van der Waals surface area (Å²) < 4.78 is 15.1. The molecule has 0 N–H and O–H groups in total. The number of ketones is 2. The summed E-state index contributed by atoms with van der Waals surface area (Å²) in [5.74, 6) is 0.145. The van der Waals surface area contributed by atoms with E-state index in [1.54, 1.807) is 60.7 Å². The van der Waals surface area contributed by atoms with Gasteiger partial charge in [0.1, 0.15) is 11.5 Å². The maximum atomic E-state index is 14.7. The Kier molecular flexibility index (Phi) is 13.9. The van der Waals surface area contributed by atoms with Crippen LogP contribution >= 0.6 is 0 Å². The van der Waals surface area contributed by atoms with Crippen LogP contribution in [0, 0.1) is 20.2 Å². The largest absolute Gasteiger partial charge is 0.493 e. The molecule has 1 aromatic heterocycles. The maximum Gasteiger partial charge on any atom is 0.348 e. The number of carbonyl (C=O) groups is 2. The molecular weight excluding hydrogens is 741 g/mol. The molecule has 0 saturated heterocycles. The van der Waals surface area contributed by atoms with E-state index in [1.165, 1.54) is 22.0 Å². The predicted molar refractivity (Wildman–Crippen MR) is 222 cm³/mol. The van der Waals surface area contributed by atoms with E-state index in [1.807, 2.05) is 0 Å². The summed E-state index contributed by atoms with van der Waals surface area (Å²) in [6, 6.07) is 18.5. The number of aromatic nitrogens is 2. The summed E-state index contributed by atoms with van der Waals surface area (Å²) in [5.41, 5.74) is 0.0848. The van der Waals surface area contributed by atoms with Crippen molar-refractivity contribution in [3.8, 4) is 11.5 Å². The molecule has 304 valence electrons. The summed E-state index contributed by atoms with van der Waals surface area (Å²) in [7, 11) is 0. The zero-order chi connectivity index (χ0) is 41.2. The average Bonchev–Trinajstić information content (AvgIpc) is 3.47. The van der Waals surface area contributed by atoms with Crippen molar-refractivity contribution in [2.24, 2.45) is 0 Å². The summed E-state index contributed by atoms with van der Waals surface area (Å²) in [6.45, 7) is 4.78. The molecule has 0 aliphatic carbocycles. The van der Waals surface area contributed by atoms with Gasteiger partial charge < -0.3 is 9.47 Å². The van der Waals surface area contributed by atoms with Crippen LogP contribution in [0.3, 0.4) is 0 Å². The van der Waals surface area contributed by atoms with Crippen LogP contribution in [0.15, 0.2) is 77.6 Å². The first kappa shape index (κ1) is 41.5. The first-order valence-electron chi connectivity index (χ1n) is 20.4. The van der Waals surface area contributed by atoms with E-state index in [9.17, 15) is 34.6 Å². The highest BCUT2D eigenvalue weighted by atomic mass is 16.6. The standard InChI is InChI=1S/C45H50N4O9/c1-3-5-7-9-11-13-22-57-41-20-18-33-25-35(41)29-46-37-27-39(48(53)54)40(49(55)56)28-38(37)47(45(46)52)30-36-26-34(44(51)32-17-15-16-31(24-32)43(33)50)19-21-42(36)58-23-14-12-10-8-6-4-2/h15-21,24-28H,3-14,22-23,29-30H2,1-2H3. The van der Waals surface area contributed by atoms with E-state index < -0.39 is 26.9 Å². The van der Waals surface area contributed by atoms with Crippen LogP contribution in [0.5, 0.6) is 11.5 Å². The van der Waals surface area contributed by atoms with Crippen LogP contribution in [0.1, 0.15) is 134 Å². The van der Waals surface area contributed by atoms with Crippen molar-refractivity contribution in [1.82, 2.24) is 9.13 Å². The fourth-order valence-corrected chi connectivity index (χ4v) is 7.51. The molecule has 2 heterocycles. The lowest BCUT2D eigenvalue weighted by atomic mass is 9.95. The Morgan fingerprint density at radius 3 is 1.34 bits per heavy atom. The van der Waals surface area contributed by atoms with Crippen LogP contribution in [0.25, 0.3) is 11.0 Å². The van der Waals surface area contributed by atoms with Gasteiger partial charge in [0.15, 0.2) is 11.6 Å². The lowest BCUT2D eigenvalue weighted by Crippen LogP contribution is -2.26. The molecule has 0 saturated carbocycles. The maximum absolute atomic E-state index is 14.7. The van der Waals surface area contributed by atoms with Crippen LogP contribution < -0.4 is 15.2 Å². The van der Waals surface area contributed by atoms with Gasteiger partial charge in [0.2, 0.25) is 0 Å². The quantitative estimate of drug-likeness (QED) is 0.0468. The van der Waals surface area contributed by atoms with E-state index in [0.29, 0.717) is 47.0 Å². The highest BCUT2D eigenvalue weighted by Gasteiger charge is 2.30. The lowest BCUT2D eigenvalue weighted by molar-refractivity contribution is -0.422. The number of carbonyl (C=O) groups excluding carboxylic acids is 2. The minimum Gasteiger partial charge on any atom is -0.493 e. The van der Waals surface area contributed by atoms with Crippen molar-refractivity contribution in [2.45, 2.75) is 104 Å². The summed E-state index contributed by atoms with van der Waals surface area (Å²) in [5, 5.41) is 24.4. The van der Waals surface area contributed by atoms with Gasteiger partial charge in [-0.3, -0.25) is 39.0 Å². The number of hydrogen-bond donors (Lipinski definition) is 0. The SMILES string of the molecule is CCCCCCCCOc1ccc2cc1Cn1c(=O)n(c3cc([N+](=O)[O-])c([N+](=O)[O-])cc31)Cc1cc(ccc1OCCCCCCCC)C(=O)c1cccc(c1)C2=O. The number of unbranched alkanes of at least 4 members (excludes halogenated alkanes) is 10. The molecule has 5 aromatic rings. The third-order valence-corrected chi connectivity index (χ3v) is 10.7. The Labute approximate surface area is 336 Å². The molecule has 0 amide bonds. The number of nitro groups is 2. The zero-order valence-corrected chi connectivity index (χ0v) is 33.2. The highest BCUT2D eigenvalue weighted by Crippen LogP contribution is 2.34. The number of ether oxygens (including phenoxy) is 2. The van der Waals surface area contributed by atoms with Gasteiger partial charge >= 0.3 is 17.1 Å². The second kappa shape index (κ2) is 19.4. The van der Waals surface area contributed by atoms with Gasteiger partial charge in [0, 0.05) is 45.5 Å². The summed E-state index contributed by atoms with van der Waals surface area (Å²) in [4.78, 5) is 65.4. The monoisotopic (exact) mass is 790 g/mol. The average molecular weight is 791 g/mol. The summed E-state index contributed by atoms with van der Waals surface area (Å²) in [6.07, 6.45) is 12.6. The van der Waals surface area contributed by atoms with Crippen molar-refractivity contribution in [3.63, 3.8) is 0 Å². The van der Waals surface area contributed by atoms with E-state index in [-0.39, 0.29) is 46.8 Å². The Balaban J connectivity index is 1.50. The highest BCUT2D eigenvalue weighted by molar-refractivity contribution is 6.13. The van der Waals surface area contributed by atoms with Crippen molar-refractivity contribution >= 4 is 34.0 Å². The number of imidazole rings is 1. The van der Waals surface area contributed by atoms with Gasteiger partial charge in [-0.25, -0.2) is 4.79 Å². The first-order valence-corrected chi connectivity index (χ1v) is 20.4. The van der Waals surface area contributed by atoms with Crippen molar-refractivity contribution in [1.29, 1.82) is 0 Å². The van der Waals surface area contributed by atoms with Crippen molar-refractivity contribution in [2.75, 3.05) is 13.2 Å². The molecule has 1 aliphatic heterocycles. The first-order chi connectivity index (χ1) is 28.1. The number of benzene rings is 4. The minimum absolute atomic E-state index is 0.0821. The van der Waals surface area contributed by atoms with Gasteiger partial charge in [0.25, 0.3) is 0 Å². The molecular formula is C45H50N4O9. The molecule has 0 radical (unpaired) electrons. The molecule has 1 aliphatic rings. The number of nitro benzene ring substituents is 2. The molecule has 4 aromatic carbocycles. The third kappa shape index (κ3) is 9.53. The minimum atomic E-state index is -0.842. The molecule has 13 heteroatoms. The number of hydrogen-bond acceptors (Lipinski definition) is 9. The van der Waals surface area contributed by atoms with Gasteiger partial charge in [0.05, 0.1) is 47.2 Å². The zero-order valence-electron chi connectivity index (χ0n) is 33.2. The van der Waals surface area contributed by atoms with Crippen LogP contribution in [0.2, 0.25) is 0 Å². The van der Waals surface area contributed by atoms with Crippen LogP contribution in [-0.4, -0.2) is 43.8 Å². The molecule has 0 atom stereocenters. The number of rotatable bonds is 18. The second-order valence-corrected chi connectivity index (χ2v) is 14.9. The van der Waals surface area contributed by atoms with Crippen LogP contribution in [0.4, 0.5) is 11.4 Å². The van der Waals surface area contributed by atoms with Gasteiger partial charge in [-0.2, -0.15) is 0 Å². The molecule has 6 rings (SSSR count). The molecule has 13 nitrogen and oxygen atoms in total. The molecule has 0 spiro atoms. The third-order valence-electron chi connectivity index (χ3n) is 10.7. The Morgan fingerprint density at radius 2 is 0.931 bits per heavy atom. The number of fused-ring (bicyclic) bond motifs is 11. The predicted octanol–water partition coefficient (Wildman–Crippen LogP) is 9.97. The fourth-order valence-electron chi connectivity index (χ4n) is 7.51. The fraction of sp³-hybridized carbons (Fsp3) is 0.400. The van der Waals surface area contributed by atoms with Gasteiger partial charge in [-0.1, -0.05) is 96.3 Å². The Morgan fingerprint density at radius 1 is 0.534 bits per heavy atom. The van der Waals surface area contributed by atoms with E-state index in [4.69, 9.17) is 9.47 Å². The smallest absolute Gasteiger partial charge is 0.348 e. The van der Waals surface area contributed by atoms with Crippen LogP contribution in [-0.2, 0) is 13.1 Å². The molecule has 58 heavy (non-hydrogen) atoms. The topological polar surface area (TPSA) is 166 Å². The van der Waals surface area contributed by atoms with E-state index in [2.05, 4.69) is 13.8 Å². The second-order valence-electron chi connectivity index (χ2n) is 14.9. The molecule has 0 unspecified atom stereocenters. The van der Waals surface area contributed by atoms with Crippen molar-refractivity contribution < 1.29 is 28.9 Å².